The fourth-order valence-electron chi connectivity index (χ4n) is 2.23. The Bertz CT molecular complexity index is 582. The largest absolute Gasteiger partial charge is 0.377 e. The second-order valence-electron chi connectivity index (χ2n) is 4.46. The minimum absolute atomic E-state index is 0.416. The summed E-state index contributed by atoms with van der Waals surface area (Å²) in [6.45, 7) is 2.14. The SMILES string of the molecule is Cc1c(Br)cccc1NC1CSc2ccccc21. The van der Waals surface area contributed by atoms with Crippen LogP contribution in [-0.2, 0) is 0 Å². The second kappa shape index (κ2) is 4.98. The highest BCUT2D eigenvalue weighted by Crippen LogP contribution is 2.40. The highest BCUT2D eigenvalue weighted by Gasteiger charge is 2.22. The average Bonchev–Trinajstić information content (AvgIpc) is 2.79. The molecule has 0 bridgehead atoms. The van der Waals surface area contributed by atoms with Crippen molar-refractivity contribution in [3.05, 3.63) is 58.1 Å². The molecule has 1 heterocycles. The third-order valence-corrected chi connectivity index (χ3v) is 5.34. The maximum absolute atomic E-state index is 3.66. The van der Waals surface area contributed by atoms with Gasteiger partial charge >= 0.3 is 0 Å². The van der Waals surface area contributed by atoms with Gasteiger partial charge < -0.3 is 5.32 Å². The summed E-state index contributed by atoms with van der Waals surface area (Å²) < 4.78 is 1.16. The minimum Gasteiger partial charge on any atom is -0.377 e. The van der Waals surface area contributed by atoms with Gasteiger partial charge in [0.25, 0.3) is 0 Å². The molecule has 0 spiro atoms. The first-order chi connectivity index (χ1) is 8.75. The number of thioether (sulfide) groups is 1. The molecule has 0 aliphatic carbocycles. The summed E-state index contributed by atoms with van der Waals surface area (Å²) in [5.41, 5.74) is 3.90. The Hall–Kier alpha value is -0.930. The van der Waals surface area contributed by atoms with E-state index in [4.69, 9.17) is 0 Å². The lowest BCUT2D eigenvalue weighted by molar-refractivity contribution is 0.897. The summed E-state index contributed by atoms with van der Waals surface area (Å²) >= 11 is 5.51. The molecule has 2 aromatic rings. The zero-order chi connectivity index (χ0) is 12.5. The second-order valence-corrected chi connectivity index (χ2v) is 6.37. The Kier molecular flexibility index (Phi) is 3.35. The van der Waals surface area contributed by atoms with Crippen molar-refractivity contribution in [3.63, 3.8) is 0 Å². The molecule has 3 heteroatoms. The van der Waals surface area contributed by atoms with Crippen LogP contribution in [0.15, 0.2) is 51.8 Å². The van der Waals surface area contributed by atoms with Gasteiger partial charge in [-0.15, -0.1) is 11.8 Å². The highest BCUT2D eigenvalue weighted by molar-refractivity contribution is 9.10. The van der Waals surface area contributed by atoms with Crippen molar-refractivity contribution in [2.24, 2.45) is 0 Å². The fourth-order valence-corrected chi connectivity index (χ4v) is 3.76. The first-order valence-electron chi connectivity index (χ1n) is 5.99. The van der Waals surface area contributed by atoms with E-state index in [1.807, 2.05) is 11.8 Å². The van der Waals surface area contributed by atoms with Crippen LogP contribution in [0.25, 0.3) is 0 Å². The molecule has 1 unspecified atom stereocenters. The molecule has 0 amide bonds. The Balaban J connectivity index is 1.89. The lowest BCUT2D eigenvalue weighted by atomic mass is 10.1. The van der Waals surface area contributed by atoms with E-state index in [1.54, 1.807) is 0 Å². The first kappa shape index (κ1) is 12.1. The zero-order valence-electron chi connectivity index (χ0n) is 10.1. The molecule has 0 radical (unpaired) electrons. The van der Waals surface area contributed by atoms with Gasteiger partial charge in [-0.1, -0.05) is 40.2 Å². The molecule has 1 N–H and O–H groups in total. The van der Waals surface area contributed by atoms with Gasteiger partial charge in [-0.2, -0.15) is 0 Å². The number of fused-ring (bicyclic) bond motifs is 1. The number of benzene rings is 2. The van der Waals surface area contributed by atoms with Crippen LogP contribution in [-0.4, -0.2) is 5.75 Å². The molecule has 1 nitrogen and oxygen atoms in total. The van der Waals surface area contributed by atoms with E-state index in [1.165, 1.54) is 21.7 Å². The molecule has 92 valence electrons. The Labute approximate surface area is 120 Å². The summed E-state index contributed by atoms with van der Waals surface area (Å²) in [6.07, 6.45) is 0. The number of rotatable bonds is 2. The first-order valence-corrected chi connectivity index (χ1v) is 7.77. The van der Waals surface area contributed by atoms with E-state index in [-0.39, 0.29) is 0 Å². The molecular formula is C15H14BrNS. The molecule has 3 rings (SSSR count). The molecule has 0 fully saturated rings. The van der Waals surface area contributed by atoms with E-state index in [0.29, 0.717) is 6.04 Å². The molecular weight excluding hydrogens is 306 g/mol. The molecule has 18 heavy (non-hydrogen) atoms. The molecule has 0 aromatic heterocycles. The molecule has 1 aliphatic heterocycles. The maximum atomic E-state index is 3.66. The number of halogens is 1. The van der Waals surface area contributed by atoms with E-state index in [9.17, 15) is 0 Å². The quantitative estimate of drug-likeness (QED) is 0.834. The predicted octanol–water partition coefficient (Wildman–Crippen LogP) is 5.02. The fraction of sp³-hybridized carbons (Fsp3) is 0.200. The van der Waals surface area contributed by atoms with Crippen LogP contribution >= 0.6 is 27.7 Å². The third-order valence-electron chi connectivity index (χ3n) is 3.30. The van der Waals surface area contributed by atoms with Gasteiger partial charge in [-0.05, 0) is 36.2 Å². The van der Waals surface area contributed by atoms with Gasteiger partial charge in [0.15, 0.2) is 0 Å². The van der Waals surface area contributed by atoms with Crippen molar-refractivity contribution in [3.8, 4) is 0 Å². The van der Waals surface area contributed by atoms with Crippen molar-refractivity contribution in [1.29, 1.82) is 0 Å². The third kappa shape index (κ3) is 2.17. The van der Waals surface area contributed by atoms with Gasteiger partial charge in [0.2, 0.25) is 0 Å². The molecule has 2 aromatic carbocycles. The number of anilines is 1. The monoisotopic (exact) mass is 319 g/mol. The van der Waals surface area contributed by atoms with Gasteiger partial charge in [-0.3, -0.25) is 0 Å². The lowest BCUT2D eigenvalue weighted by Crippen LogP contribution is -2.10. The van der Waals surface area contributed by atoms with Gasteiger partial charge in [0.1, 0.15) is 0 Å². The van der Waals surface area contributed by atoms with Crippen LogP contribution < -0.4 is 5.32 Å². The van der Waals surface area contributed by atoms with Crippen molar-refractivity contribution < 1.29 is 0 Å². The Morgan fingerprint density at radius 2 is 2.00 bits per heavy atom. The van der Waals surface area contributed by atoms with E-state index in [0.717, 1.165) is 10.2 Å². The number of hydrogen-bond donors (Lipinski definition) is 1. The van der Waals surface area contributed by atoms with Crippen LogP contribution in [0.4, 0.5) is 5.69 Å². The molecule has 0 saturated carbocycles. The van der Waals surface area contributed by atoms with Crippen LogP contribution in [0, 0.1) is 6.92 Å². The predicted molar refractivity (Wildman–Crippen MR) is 82.4 cm³/mol. The topological polar surface area (TPSA) is 12.0 Å². The molecule has 0 saturated heterocycles. The van der Waals surface area contributed by atoms with E-state index >= 15 is 0 Å². The van der Waals surface area contributed by atoms with E-state index in [2.05, 4.69) is 70.6 Å². The molecule has 1 atom stereocenters. The van der Waals surface area contributed by atoms with E-state index < -0.39 is 0 Å². The van der Waals surface area contributed by atoms with Crippen LogP contribution in [0.3, 0.4) is 0 Å². The Morgan fingerprint density at radius 1 is 1.17 bits per heavy atom. The van der Waals surface area contributed by atoms with Gasteiger partial charge in [0, 0.05) is 20.8 Å². The normalized spacial score (nSPS) is 17.6. The van der Waals surface area contributed by atoms with Crippen LogP contribution in [0.1, 0.15) is 17.2 Å². The van der Waals surface area contributed by atoms with Gasteiger partial charge in [-0.25, -0.2) is 0 Å². The Morgan fingerprint density at radius 3 is 2.89 bits per heavy atom. The summed E-state index contributed by atoms with van der Waals surface area (Å²) in [5.74, 6) is 1.10. The average molecular weight is 320 g/mol. The minimum atomic E-state index is 0.416. The standard InChI is InChI=1S/C15H14BrNS/c1-10-12(16)6-4-7-13(10)17-14-9-18-15-8-3-2-5-11(14)15/h2-8,14,17H,9H2,1H3. The van der Waals surface area contributed by atoms with Crippen molar-refractivity contribution in [1.82, 2.24) is 0 Å². The van der Waals surface area contributed by atoms with Crippen molar-refractivity contribution in [2.45, 2.75) is 17.9 Å². The smallest absolute Gasteiger partial charge is 0.0618 e. The highest BCUT2D eigenvalue weighted by atomic mass is 79.9. The van der Waals surface area contributed by atoms with Crippen molar-refractivity contribution >= 4 is 33.4 Å². The van der Waals surface area contributed by atoms with Gasteiger partial charge in [0.05, 0.1) is 6.04 Å². The number of nitrogens with one attached hydrogen (secondary N) is 1. The lowest BCUT2D eigenvalue weighted by Gasteiger charge is -2.17. The summed E-state index contributed by atoms with van der Waals surface area (Å²) in [4.78, 5) is 1.41. The van der Waals surface area contributed by atoms with Crippen molar-refractivity contribution in [2.75, 3.05) is 11.1 Å². The van der Waals surface area contributed by atoms with Crippen LogP contribution in [0.5, 0.6) is 0 Å². The van der Waals surface area contributed by atoms with Crippen LogP contribution in [0.2, 0.25) is 0 Å². The summed E-state index contributed by atoms with van der Waals surface area (Å²) in [6, 6.07) is 15.4. The zero-order valence-corrected chi connectivity index (χ0v) is 12.5. The summed E-state index contributed by atoms with van der Waals surface area (Å²) in [7, 11) is 0. The summed E-state index contributed by atoms with van der Waals surface area (Å²) in [5, 5.41) is 3.66. The molecule has 1 aliphatic rings. The number of hydrogen-bond acceptors (Lipinski definition) is 2. The maximum Gasteiger partial charge on any atom is 0.0618 e.